The summed E-state index contributed by atoms with van der Waals surface area (Å²) in [4.78, 5) is 0. The minimum atomic E-state index is -0.815. The van der Waals surface area contributed by atoms with Crippen LogP contribution in [0.5, 0.6) is 5.75 Å². The van der Waals surface area contributed by atoms with Crippen LogP contribution < -0.4 is 4.74 Å². The van der Waals surface area contributed by atoms with Gasteiger partial charge in [-0.1, -0.05) is 101 Å². The molecular weight excluding hydrogens is 438 g/mol. The first-order valence-electron chi connectivity index (χ1n) is 13.3. The van der Waals surface area contributed by atoms with Gasteiger partial charge >= 0.3 is 0 Å². The van der Waals surface area contributed by atoms with Crippen molar-refractivity contribution in [2.24, 2.45) is 5.92 Å². The number of benzene rings is 3. The van der Waals surface area contributed by atoms with Crippen molar-refractivity contribution >= 4 is 0 Å². The number of halogens is 2. The Balaban J connectivity index is 1.60. The number of hydrogen-bond donors (Lipinski definition) is 0. The van der Waals surface area contributed by atoms with Crippen LogP contribution in [0.15, 0.2) is 60.7 Å². The lowest BCUT2D eigenvalue weighted by atomic mass is 9.97. The fraction of sp³-hybridized carbons (Fsp3) is 0.438. The Morgan fingerprint density at radius 1 is 0.657 bits per heavy atom. The van der Waals surface area contributed by atoms with E-state index in [0.717, 1.165) is 37.4 Å². The molecule has 1 unspecified atom stereocenters. The SMILES string of the molecule is CCCCCc1ccc(-c2ccc(-c3ccc(OCCCCC(C)CCC)cc3)c(F)c2F)cc1. The minimum absolute atomic E-state index is 0.263. The molecule has 0 aliphatic carbocycles. The highest BCUT2D eigenvalue weighted by Crippen LogP contribution is 2.32. The topological polar surface area (TPSA) is 9.23 Å². The molecule has 0 aromatic heterocycles. The molecule has 3 heteroatoms. The second kappa shape index (κ2) is 14.0. The van der Waals surface area contributed by atoms with Crippen LogP contribution in [-0.2, 0) is 6.42 Å². The molecule has 0 radical (unpaired) electrons. The van der Waals surface area contributed by atoms with Crippen molar-refractivity contribution in [2.45, 2.75) is 78.6 Å². The van der Waals surface area contributed by atoms with E-state index in [1.165, 1.54) is 37.7 Å². The summed E-state index contributed by atoms with van der Waals surface area (Å²) in [5.74, 6) is -0.0917. The van der Waals surface area contributed by atoms with Crippen molar-refractivity contribution in [2.75, 3.05) is 6.61 Å². The van der Waals surface area contributed by atoms with Gasteiger partial charge in [0.2, 0.25) is 0 Å². The second-order valence-electron chi connectivity index (χ2n) is 9.71. The van der Waals surface area contributed by atoms with E-state index in [1.54, 1.807) is 24.3 Å². The third-order valence-corrected chi connectivity index (χ3v) is 6.72. The molecule has 3 rings (SSSR count). The van der Waals surface area contributed by atoms with E-state index in [1.807, 2.05) is 36.4 Å². The summed E-state index contributed by atoms with van der Waals surface area (Å²) in [6.45, 7) is 7.39. The Kier molecular flexibility index (Phi) is 10.8. The van der Waals surface area contributed by atoms with Gasteiger partial charge in [0.15, 0.2) is 11.6 Å². The lowest BCUT2D eigenvalue weighted by molar-refractivity contribution is 0.299. The number of rotatable bonds is 14. The van der Waals surface area contributed by atoms with Crippen LogP contribution in [0.1, 0.15) is 77.7 Å². The fourth-order valence-electron chi connectivity index (χ4n) is 4.58. The first kappa shape index (κ1) is 26.9. The molecule has 0 N–H and O–H groups in total. The molecule has 3 aromatic rings. The maximum absolute atomic E-state index is 15.0. The first-order valence-corrected chi connectivity index (χ1v) is 13.3. The number of hydrogen-bond acceptors (Lipinski definition) is 1. The molecule has 3 aromatic carbocycles. The van der Waals surface area contributed by atoms with Gasteiger partial charge in [0.1, 0.15) is 5.75 Å². The Labute approximate surface area is 210 Å². The molecule has 0 saturated carbocycles. The van der Waals surface area contributed by atoms with Crippen molar-refractivity contribution < 1.29 is 13.5 Å². The average Bonchev–Trinajstić information content (AvgIpc) is 2.87. The van der Waals surface area contributed by atoms with E-state index in [4.69, 9.17) is 4.74 Å². The van der Waals surface area contributed by atoms with E-state index in [0.29, 0.717) is 23.3 Å². The number of unbranched alkanes of at least 4 members (excludes halogenated alkanes) is 3. The van der Waals surface area contributed by atoms with Gasteiger partial charge in [0, 0.05) is 11.1 Å². The van der Waals surface area contributed by atoms with Crippen LogP contribution in [0, 0.1) is 17.6 Å². The largest absolute Gasteiger partial charge is 0.494 e. The molecular formula is C32H40F2O. The molecule has 188 valence electrons. The third kappa shape index (κ3) is 7.92. The van der Waals surface area contributed by atoms with Gasteiger partial charge in [0.05, 0.1) is 6.61 Å². The van der Waals surface area contributed by atoms with Crippen molar-refractivity contribution in [3.05, 3.63) is 77.9 Å². The summed E-state index contributed by atoms with van der Waals surface area (Å²) in [7, 11) is 0. The second-order valence-corrected chi connectivity index (χ2v) is 9.71. The van der Waals surface area contributed by atoms with Crippen LogP contribution in [-0.4, -0.2) is 6.61 Å². The van der Waals surface area contributed by atoms with Gasteiger partial charge < -0.3 is 4.74 Å². The quantitative estimate of drug-likeness (QED) is 0.209. The number of aryl methyl sites for hydroxylation is 1. The van der Waals surface area contributed by atoms with Crippen molar-refractivity contribution in [3.63, 3.8) is 0 Å². The van der Waals surface area contributed by atoms with E-state index >= 15 is 8.78 Å². The smallest absolute Gasteiger partial charge is 0.167 e. The van der Waals surface area contributed by atoms with Crippen molar-refractivity contribution in [1.29, 1.82) is 0 Å². The summed E-state index contributed by atoms with van der Waals surface area (Å²) in [6, 6.07) is 18.4. The van der Waals surface area contributed by atoms with E-state index in [-0.39, 0.29) is 5.56 Å². The van der Waals surface area contributed by atoms with Crippen LogP contribution in [0.4, 0.5) is 8.78 Å². The van der Waals surface area contributed by atoms with Crippen LogP contribution in [0.3, 0.4) is 0 Å². The zero-order valence-corrected chi connectivity index (χ0v) is 21.6. The lowest BCUT2D eigenvalue weighted by Crippen LogP contribution is -2.00. The van der Waals surface area contributed by atoms with Crippen molar-refractivity contribution in [3.8, 4) is 28.0 Å². The Hall–Kier alpha value is -2.68. The highest BCUT2D eigenvalue weighted by Gasteiger charge is 2.16. The average molecular weight is 479 g/mol. The predicted octanol–water partition coefficient (Wildman–Crippen LogP) is 10.0. The molecule has 0 saturated heterocycles. The summed E-state index contributed by atoms with van der Waals surface area (Å²) in [5.41, 5.74) is 3.12. The Morgan fingerprint density at radius 2 is 1.26 bits per heavy atom. The van der Waals surface area contributed by atoms with Crippen LogP contribution in [0.25, 0.3) is 22.3 Å². The van der Waals surface area contributed by atoms with Gasteiger partial charge in [-0.05, 0) is 60.4 Å². The predicted molar refractivity (Wildman–Crippen MR) is 144 cm³/mol. The fourth-order valence-corrected chi connectivity index (χ4v) is 4.58. The molecule has 0 bridgehead atoms. The van der Waals surface area contributed by atoms with Gasteiger partial charge in [-0.15, -0.1) is 0 Å². The molecule has 1 atom stereocenters. The molecule has 0 aliphatic rings. The monoisotopic (exact) mass is 478 g/mol. The lowest BCUT2D eigenvalue weighted by Gasteiger charge is -2.12. The minimum Gasteiger partial charge on any atom is -0.494 e. The first-order chi connectivity index (χ1) is 17.0. The maximum atomic E-state index is 15.0. The molecule has 0 fully saturated rings. The summed E-state index contributed by atoms with van der Waals surface area (Å²) < 4.78 is 35.9. The molecule has 0 spiro atoms. The van der Waals surface area contributed by atoms with Gasteiger partial charge in [0.25, 0.3) is 0 Å². The van der Waals surface area contributed by atoms with Gasteiger partial charge in [-0.2, -0.15) is 0 Å². The van der Waals surface area contributed by atoms with Gasteiger partial charge in [-0.25, -0.2) is 8.78 Å². The normalized spacial score (nSPS) is 12.0. The third-order valence-electron chi connectivity index (χ3n) is 6.72. The van der Waals surface area contributed by atoms with Crippen LogP contribution >= 0.6 is 0 Å². The van der Waals surface area contributed by atoms with E-state index in [9.17, 15) is 0 Å². The van der Waals surface area contributed by atoms with E-state index < -0.39 is 11.6 Å². The Morgan fingerprint density at radius 3 is 1.83 bits per heavy atom. The Bertz CT molecular complexity index is 1020. The van der Waals surface area contributed by atoms with Crippen molar-refractivity contribution in [1.82, 2.24) is 0 Å². The molecule has 0 amide bonds. The summed E-state index contributed by atoms with van der Waals surface area (Å²) in [6.07, 6.45) is 10.5. The molecule has 0 aliphatic heterocycles. The van der Waals surface area contributed by atoms with E-state index in [2.05, 4.69) is 20.8 Å². The maximum Gasteiger partial charge on any atom is 0.167 e. The van der Waals surface area contributed by atoms with Gasteiger partial charge in [-0.3, -0.25) is 0 Å². The number of ether oxygens (including phenoxy) is 1. The summed E-state index contributed by atoms with van der Waals surface area (Å²) in [5, 5.41) is 0. The zero-order valence-electron chi connectivity index (χ0n) is 21.6. The highest BCUT2D eigenvalue weighted by atomic mass is 19.2. The molecule has 0 heterocycles. The zero-order chi connectivity index (χ0) is 25.0. The van der Waals surface area contributed by atoms with Crippen LogP contribution in [0.2, 0.25) is 0 Å². The molecule has 35 heavy (non-hydrogen) atoms. The molecule has 1 nitrogen and oxygen atoms in total. The standard InChI is InChI=1S/C32H40F2O/c1-4-6-7-12-25-13-15-26(16-14-25)29-21-22-30(32(34)31(29)33)27-17-19-28(20-18-27)35-23-9-8-11-24(3)10-5-2/h13-22,24H,4-12,23H2,1-3H3. The highest BCUT2D eigenvalue weighted by molar-refractivity contribution is 5.72. The summed E-state index contributed by atoms with van der Waals surface area (Å²) >= 11 is 0.